The van der Waals surface area contributed by atoms with Crippen molar-refractivity contribution in [2.24, 2.45) is 11.8 Å². The molecule has 0 bridgehead atoms. The van der Waals surface area contributed by atoms with Crippen LogP contribution in [0.15, 0.2) is 28.7 Å². The van der Waals surface area contributed by atoms with Gasteiger partial charge in [0, 0.05) is 17.9 Å². The normalized spacial score (nSPS) is 24.4. The number of ether oxygens (including phenoxy) is 1. The Morgan fingerprint density at radius 1 is 1.45 bits per heavy atom. The fraction of sp³-hybridized carbons (Fsp3) is 0.467. The van der Waals surface area contributed by atoms with E-state index in [1.54, 1.807) is 6.07 Å². The second kappa shape index (κ2) is 5.52. The lowest BCUT2D eigenvalue weighted by atomic mass is 9.90. The minimum absolute atomic E-state index is 0.113. The number of rotatable bonds is 4. The molecule has 0 spiro atoms. The zero-order valence-electron chi connectivity index (χ0n) is 11.4. The summed E-state index contributed by atoms with van der Waals surface area (Å²) >= 11 is 0. The summed E-state index contributed by atoms with van der Waals surface area (Å²) in [5.41, 5.74) is 3.51. The molecule has 0 aliphatic carbocycles. The van der Waals surface area contributed by atoms with E-state index >= 15 is 0 Å². The number of nitrogens with one attached hydrogen (secondary N) is 1. The molecule has 3 rings (SSSR count). The molecule has 1 aliphatic rings. The van der Waals surface area contributed by atoms with E-state index in [0.29, 0.717) is 5.58 Å². The summed E-state index contributed by atoms with van der Waals surface area (Å²) < 4.78 is 24.8. The zero-order chi connectivity index (χ0) is 14.1. The maximum atomic E-state index is 13.2. The SMILES string of the molecule is CCC1OCCC1C(NN)c1cc2cc(F)ccc2o1. The van der Waals surface area contributed by atoms with Gasteiger partial charge in [-0.3, -0.25) is 5.84 Å². The van der Waals surface area contributed by atoms with E-state index in [4.69, 9.17) is 15.0 Å². The van der Waals surface area contributed by atoms with Gasteiger partial charge in [-0.25, -0.2) is 9.82 Å². The van der Waals surface area contributed by atoms with E-state index in [-0.39, 0.29) is 23.9 Å². The first kappa shape index (κ1) is 13.5. The van der Waals surface area contributed by atoms with Gasteiger partial charge in [0.1, 0.15) is 17.2 Å². The Bertz CT molecular complexity index is 599. The van der Waals surface area contributed by atoms with Crippen LogP contribution in [0.1, 0.15) is 31.6 Å². The summed E-state index contributed by atoms with van der Waals surface area (Å²) in [6.45, 7) is 2.85. The molecule has 1 aromatic heterocycles. The molecule has 1 saturated heterocycles. The van der Waals surface area contributed by atoms with Gasteiger partial charge < -0.3 is 9.15 Å². The maximum absolute atomic E-state index is 13.2. The number of benzene rings is 1. The third-order valence-corrected chi connectivity index (χ3v) is 4.07. The third kappa shape index (κ3) is 2.32. The van der Waals surface area contributed by atoms with Crippen molar-refractivity contribution in [1.82, 2.24) is 5.43 Å². The van der Waals surface area contributed by atoms with Crippen LogP contribution >= 0.6 is 0 Å². The van der Waals surface area contributed by atoms with Gasteiger partial charge in [-0.05, 0) is 37.1 Å². The molecule has 0 amide bonds. The van der Waals surface area contributed by atoms with Crippen molar-refractivity contribution in [3.8, 4) is 0 Å². The Morgan fingerprint density at radius 2 is 2.30 bits per heavy atom. The monoisotopic (exact) mass is 278 g/mol. The standard InChI is InChI=1S/C15H19FN2O2/c1-2-12-11(5-6-19-12)15(18-17)14-8-9-7-10(16)3-4-13(9)20-14/h3-4,7-8,11-12,15,18H,2,5-6,17H2,1H3. The Labute approximate surface area is 117 Å². The molecule has 108 valence electrons. The second-order valence-corrected chi connectivity index (χ2v) is 5.25. The van der Waals surface area contributed by atoms with E-state index in [2.05, 4.69) is 12.3 Å². The molecule has 3 atom stereocenters. The van der Waals surface area contributed by atoms with Gasteiger partial charge in [0.2, 0.25) is 0 Å². The highest BCUT2D eigenvalue weighted by molar-refractivity contribution is 5.78. The van der Waals surface area contributed by atoms with Crippen LogP contribution in [0.25, 0.3) is 11.0 Å². The van der Waals surface area contributed by atoms with E-state index < -0.39 is 0 Å². The number of furan rings is 1. The van der Waals surface area contributed by atoms with Crippen LogP contribution in [0.2, 0.25) is 0 Å². The van der Waals surface area contributed by atoms with Gasteiger partial charge in [-0.15, -0.1) is 0 Å². The largest absolute Gasteiger partial charge is 0.459 e. The topological polar surface area (TPSA) is 60.4 Å². The van der Waals surface area contributed by atoms with E-state index in [1.807, 2.05) is 6.07 Å². The number of hydrogen-bond acceptors (Lipinski definition) is 4. The smallest absolute Gasteiger partial charge is 0.134 e. The minimum Gasteiger partial charge on any atom is -0.459 e. The lowest BCUT2D eigenvalue weighted by Gasteiger charge is -2.24. The Balaban J connectivity index is 1.94. The predicted molar refractivity (Wildman–Crippen MR) is 74.4 cm³/mol. The first-order valence-corrected chi connectivity index (χ1v) is 6.99. The Kier molecular flexibility index (Phi) is 3.74. The molecule has 5 heteroatoms. The van der Waals surface area contributed by atoms with Crippen LogP contribution in [0.4, 0.5) is 4.39 Å². The van der Waals surface area contributed by atoms with Crippen molar-refractivity contribution in [2.45, 2.75) is 31.9 Å². The maximum Gasteiger partial charge on any atom is 0.134 e. The molecule has 0 saturated carbocycles. The number of hydrogen-bond donors (Lipinski definition) is 2. The van der Waals surface area contributed by atoms with Crippen LogP contribution in [0, 0.1) is 11.7 Å². The second-order valence-electron chi connectivity index (χ2n) is 5.25. The zero-order valence-corrected chi connectivity index (χ0v) is 11.4. The van der Waals surface area contributed by atoms with Gasteiger partial charge in [0.25, 0.3) is 0 Å². The van der Waals surface area contributed by atoms with Gasteiger partial charge in [-0.1, -0.05) is 6.92 Å². The fourth-order valence-electron chi connectivity index (χ4n) is 3.07. The minimum atomic E-state index is -0.266. The van der Waals surface area contributed by atoms with Crippen LogP contribution < -0.4 is 11.3 Å². The molecule has 3 N–H and O–H groups in total. The Morgan fingerprint density at radius 3 is 3.05 bits per heavy atom. The lowest BCUT2D eigenvalue weighted by molar-refractivity contribution is 0.0749. The summed E-state index contributed by atoms with van der Waals surface area (Å²) in [6.07, 6.45) is 2.07. The quantitative estimate of drug-likeness (QED) is 0.667. The van der Waals surface area contributed by atoms with Gasteiger partial charge in [0.05, 0.1) is 12.1 Å². The number of nitrogens with two attached hydrogens (primary N) is 1. The van der Waals surface area contributed by atoms with Crippen molar-refractivity contribution in [2.75, 3.05) is 6.61 Å². The first-order valence-electron chi connectivity index (χ1n) is 6.99. The predicted octanol–water partition coefficient (Wildman–Crippen LogP) is 2.89. The molecule has 1 aliphatic heterocycles. The van der Waals surface area contributed by atoms with Crippen LogP contribution in [-0.4, -0.2) is 12.7 Å². The van der Waals surface area contributed by atoms with E-state index in [0.717, 1.165) is 30.6 Å². The number of hydrazine groups is 1. The van der Waals surface area contributed by atoms with Gasteiger partial charge in [-0.2, -0.15) is 0 Å². The summed E-state index contributed by atoms with van der Waals surface area (Å²) in [4.78, 5) is 0. The van der Waals surface area contributed by atoms with Crippen molar-refractivity contribution in [1.29, 1.82) is 0 Å². The summed E-state index contributed by atoms with van der Waals surface area (Å²) in [7, 11) is 0. The van der Waals surface area contributed by atoms with Gasteiger partial charge >= 0.3 is 0 Å². The van der Waals surface area contributed by atoms with Crippen molar-refractivity contribution in [3.05, 3.63) is 35.8 Å². The highest BCUT2D eigenvalue weighted by Gasteiger charge is 2.35. The fourth-order valence-corrected chi connectivity index (χ4v) is 3.07. The number of halogens is 1. The lowest BCUT2D eigenvalue weighted by Crippen LogP contribution is -2.36. The van der Waals surface area contributed by atoms with Gasteiger partial charge in [0.15, 0.2) is 0 Å². The van der Waals surface area contributed by atoms with Crippen LogP contribution in [0.5, 0.6) is 0 Å². The molecule has 2 heterocycles. The van der Waals surface area contributed by atoms with Crippen molar-refractivity contribution < 1.29 is 13.5 Å². The first-order chi connectivity index (χ1) is 9.72. The molecular formula is C15H19FN2O2. The summed E-state index contributed by atoms with van der Waals surface area (Å²) in [5, 5.41) is 0.757. The molecule has 2 aromatic rings. The molecule has 20 heavy (non-hydrogen) atoms. The Hall–Kier alpha value is -1.43. The van der Waals surface area contributed by atoms with E-state index in [9.17, 15) is 4.39 Å². The van der Waals surface area contributed by atoms with E-state index in [1.165, 1.54) is 12.1 Å². The van der Waals surface area contributed by atoms with Crippen molar-refractivity contribution in [3.63, 3.8) is 0 Å². The third-order valence-electron chi connectivity index (χ3n) is 4.07. The van der Waals surface area contributed by atoms with Crippen LogP contribution in [0.3, 0.4) is 0 Å². The molecule has 4 nitrogen and oxygen atoms in total. The summed E-state index contributed by atoms with van der Waals surface area (Å²) in [6, 6.07) is 6.25. The molecular weight excluding hydrogens is 259 g/mol. The molecule has 3 unspecified atom stereocenters. The molecule has 1 fully saturated rings. The van der Waals surface area contributed by atoms with Crippen LogP contribution in [-0.2, 0) is 4.74 Å². The highest BCUT2D eigenvalue weighted by atomic mass is 19.1. The molecule has 1 aromatic carbocycles. The molecule has 0 radical (unpaired) electrons. The average Bonchev–Trinajstić information content (AvgIpc) is 3.05. The highest BCUT2D eigenvalue weighted by Crippen LogP contribution is 2.36. The average molecular weight is 278 g/mol. The van der Waals surface area contributed by atoms with Crippen molar-refractivity contribution >= 4 is 11.0 Å². The number of fused-ring (bicyclic) bond motifs is 1. The summed E-state index contributed by atoms with van der Waals surface area (Å²) in [5.74, 6) is 6.46.